The van der Waals surface area contributed by atoms with Crippen molar-refractivity contribution in [2.75, 3.05) is 33.8 Å². The number of ether oxygens (including phenoxy) is 1. The fourth-order valence-electron chi connectivity index (χ4n) is 5.01. The van der Waals surface area contributed by atoms with Crippen LogP contribution in [0.5, 0.6) is 11.5 Å². The molecule has 0 unspecified atom stereocenters. The first-order valence-electron chi connectivity index (χ1n) is 15.1. The third kappa shape index (κ3) is 8.60. The molecule has 0 atom stereocenters. The summed E-state index contributed by atoms with van der Waals surface area (Å²) in [6.07, 6.45) is 4.36. The second-order valence-electron chi connectivity index (χ2n) is 11.1. The summed E-state index contributed by atoms with van der Waals surface area (Å²) in [6.45, 7) is 9.23. The SMILES string of the molecule is CCCCN(Cc1ccc(O)cc1Cl)Cc1c(-c2ccc(OCCN(C)C)cc2)nc(-c2ccccc2)n1CCCC. The van der Waals surface area contributed by atoms with Gasteiger partial charge in [-0.3, -0.25) is 4.90 Å². The van der Waals surface area contributed by atoms with Gasteiger partial charge in [0.1, 0.15) is 23.9 Å². The van der Waals surface area contributed by atoms with Crippen molar-refractivity contribution < 1.29 is 9.84 Å². The number of benzene rings is 3. The van der Waals surface area contributed by atoms with E-state index in [1.807, 2.05) is 38.4 Å². The molecule has 0 spiro atoms. The number of imidazole rings is 1. The lowest BCUT2D eigenvalue weighted by Crippen LogP contribution is -2.26. The Labute approximate surface area is 256 Å². The smallest absolute Gasteiger partial charge is 0.140 e. The van der Waals surface area contributed by atoms with Gasteiger partial charge in [-0.2, -0.15) is 0 Å². The first-order valence-corrected chi connectivity index (χ1v) is 15.5. The molecule has 3 aromatic carbocycles. The normalized spacial score (nSPS) is 11.5. The molecule has 0 saturated heterocycles. The van der Waals surface area contributed by atoms with Crippen molar-refractivity contribution in [3.05, 3.63) is 89.1 Å². The van der Waals surface area contributed by atoms with E-state index in [1.165, 1.54) is 5.69 Å². The van der Waals surface area contributed by atoms with Crippen LogP contribution in [0.4, 0.5) is 0 Å². The standard InChI is InChI=1S/C35H45ClN4O2/c1-5-7-20-39(25-29-14-17-30(41)24-32(29)36)26-33-34(27-15-18-31(19-16-27)42-23-22-38(3)4)37-35(40(33)21-8-6-2)28-12-10-9-11-13-28/h9-19,24,41H,5-8,20-23,25-26H2,1-4H3. The minimum Gasteiger partial charge on any atom is -0.508 e. The van der Waals surface area contributed by atoms with Gasteiger partial charge in [-0.25, -0.2) is 4.98 Å². The Balaban J connectivity index is 1.76. The van der Waals surface area contributed by atoms with Gasteiger partial charge in [0, 0.05) is 42.3 Å². The third-order valence-corrected chi connectivity index (χ3v) is 7.76. The second-order valence-corrected chi connectivity index (χ2v) is 11.5. The van der Waals surface area contributed by atoms with Gasteiger partial charge in [0.05, 0.1) is 11.4 Å². The minimum atomic E-state index is 0.186. The molecule has 0 fully saturated rings. The molecule has 4 aromatic rings. The summed E-state index contributed by atoms with van der Waals surface area (Å²) in [6, 6.07) is 24.1. The molecule has 1 heterocycles. The van der Waals surface area contributed by atoms with Crippen molar-refractivity contribution >= 4 is 11.6 Å². The Hall–Kier alpha value is -3.32. The van der Waals surface area contributed by atoms with Crippen LogP contribution in [-0.2, 0) is 19.6 Å². The average Bonchev–Trinajstić information content (AvgIpc) is 3.34. The highest BCUT2D eigenvalue weighted by Gasteiger charge is 2.22. The minimum absolute atomic E-state index is 0.186. The van der Waals surface area contributed by atoms with Gasteiger partial charge >= 0.3 is 0 Å². The average molecular weight is 589 g/mol. The number of hydrogen-bond donors (Lipinski definition) is 1. The van der Waals surface area contributed by atoms with E-state index in [0.717, 1.165) is 85.8 Å². The molecule has 4 rings (SSSR count). The van der Waals surface area contributed by atoms with E-state index >= 15 is 0 Å². The van der Waals surface area contributed by atoms with Crippen LogP contribution in [0.15, 0.2) is 72.8 Å². The van der Waals surface area contributed by atoms with E-state index in [4.69, 9.17) is 21.3 Å². The van der Waals surface area contributed by atoms with Crippen LogP contribution in [0, 0.1) is 0 Å². The van der Waals surface area contributed by atoms with Crippen LogP contribution in [0.1, 0.15) is 50.8 Å². The van der Waals surface area contributed by atoms with Crippen LogP contribution in [0.2, 0.25) is 5.02 Å². The molecule has 0 amide bonds. The lowest BCUT2D eigenvalue weighted by Gasteiger charge is -2.25. The summed E-state index contributed by atoms with van der Waals surface area (Å²) in [5.41, 5.74) is 5.41. The predicted molar refractivity (Wildman–Crippen MR) is 174 cm³/mol. The molecule has 1 N–H and O–H groups in total. The van der Waals surface area contributed by atoms with Crippen LogP contribution < -0.4 is 4.74 Å². The van der Waals surface area contributed by atoms with Gasteiger partial charge < -0.3 is 19.3 Å². The number of phenols is 1. The van der Waals surface area contributed by atoms with E-state index in [1.54, 1.807) is 12.1 Å². The number of likely N-dealkylation sites (N-methyl/N-ethyl adjacent to an activating group) is 1. The van der Waals surface area contributed by atoms with Crippen LogP contribution in [0.25, 0.3) is 22.6 Å². The second kappa shape index (κ2) is 15.8. The Morgan fingerprint density at radius 2 is 1.60 bits per heavy atom. The first-order chi connectivity index (χ1) is 20.4. The molecule has 42 heavy (non-hydrogen) atoms. The van der Waals surface area contributed by atoms with E-state index in [2.05, 4.69) is 64.6 Å². The maximum absolute atomic E-state index is 9.91. The molecular formula is C35H45ClN4O2. The van der Waals surface area contributed by atoms with Gasteiger partial charge in [-0.1, -0.05) is 74.7 Å². The van der Waals surface area contributed by atoms with E-state index in [-0.39, 0.29) is 5.75 Å². The zero-order valence-electron chi connectivity index (χ0n) is 25.5. The Kier molecular flexibility index (Phi) is 11.9. The van der Waals surface area contributed by atoms with Crippen molar-refractivity contribution in [3.8, 4) is 34.1 Å². The summed E-state index contributed by atoms with van der Waals surface area (Å²) < 4.78 is 8.40. The Morgan fingerprint density at radius 3 is 2.26 bits per heavy atom. The molecule has 1 aromatic heterocycles. The van der Waals surface area contributed by atoms with E-state index < -0.39 is 0 Å². The van der Waals surface area contributed by atoms with Gasteiger partial charge in [-0.05, 0) is 75.4 Å². The largest absolute Gasteiger partial charge is 0.508 e. The molecule has 0 bridgehead atoms. The van der Waals surface area contributed by atoms with E-state index in [0.29, 0.717) is 18.2 Å². The van der Waals surface area contributed by atoms with Crippen molar-refractivity contribution in [2.24, 2.45) is 0 Å². The van der Waals surface area contributed by atoms with Gasteiger partial charge in [0.25, 0.3) is 0 Å². The number of aromatic hydroxyl groups is 1. The lowest BCUT2D eigenvalue weighted by atomic mass is 10.1. The van der Waals surface area contributed by atoms with E-state index in [9.17, 15) is 5.11 Å². The summed E-state index contributed by atoms with van der Waals surface area (Å²) in [4.78, 5) is 9.89. The van der Waals surface area contributed by atoms with Gasteiger partial charge in [-0.15, -0.1) is 0 Å². The highest BCUT2D eigenvalue weighted by molar-refractivity contribution is 6.31. The fraction of sp³-hybridized carbons (Fsp3) is 0.400. The van der Waals surface area contributed by atoms with Crippen molar-refractivity contribution in [3.63, 3.8) is 0 Å². The van der Waals surface area contributed by atoms with Crippen molar-refractivity contribution in [2.45, 2.75) is 59.2 Å². The highest BCUT2D eigenvalue weighted by atomic mass is 35.5. The summed E-state index contributed by atoms with van der Waals surface area (Å²) in [5, 5.41) is 10.5. The number of nitrogens with zero attached hydrogens (tertiary/aromatic N) is 4. The quantitative estimate of drug-likeness (QED) is 0.143. The van der Waals surface area contributed by atoms with Crippen molar-refractivity contribution in [1.82, 2.24) is 19.4 Å². The maximum atomic E-state index is 9.91. The highest BCUT2D eigenvalue weighted by Crippen LogP contribution is 2.33. The van der Waals surface area contributed by atoms with Gasteiger partial charge in [0.15, 0.2) is 0 Å². The monoisotopic (exact) mass is 588 g/mol. The molecule has 0 aliphatic heterocycles. The number of aromatic nitrogens is 2. The third-order valence-electron chi connectivity index (χ3n) is 7.41. The van der Waals surface area contributed by atoms with Crippen molar-refractivity contribution in [1.29, 1.82) is 0 Å². The zero-order valence-corrected chi connectivity index (χ0v) is 26.3. The molecule has 6 nitrogen and oxygen atoms in total. The summed E-state index contributed by atoms with van der Waals surface area (Å²) in [7, 11) is 4.10. The number of rotatable bonds is 16. The molecular weight excluding hydrogens is 544 g/mol. The number of unbranched alkanes of at least 4 members (excludes halogenated alkanes) is 2. The summed E-state index contributed by atoms with van der Waals surface area (Å²) in [5.74, 6) is 2.05. The molecule has 7 heteroatoms. The number of hydrogen-bond acceptors (Lipinski definition) is 5. The molecule has 0 radical (unpaired) electrons. The molecule has 224 valence electrons. The van der Waals surface area contributed by atoms with Crippen LogP contribution in [0.3, 0.4) is 0 Å². The lowest BCUT2D eigenvalue weighted by molar-refractivity contribution is 0.246. The molecule has 0 aliphatic carbocycles. The number of phenolic OH excluding ortho intramolecular Hbond substituents is 1. The Bertz CT molecular complexity index is 1390. The molecule has 0 saturated carbocycles. The topological polar surface area (TPSA) is 53.8 Å². The van der Waals surface area contributed by atoms with Crippen LogP contribution >= 0.6 is 11.6 Å². The maximum Gasteiger partial charge on any atom is 0.140 e. The zero-order chi connectivity index (χ0) is 29.9. The molecule has 0 aliphatic rings. The first kappa shape index (κ1) is 31.6. The van der Waals surface area contributed by atoms with Gasteiger partial charge in [0.2, 0.25) is 0 Å². The number of halogens is 1. The fourth-order valence-corrected chi connectivity index (χ4v) is 5.25. The predicted octanol–water partition coefficient (Wildman–Crippen LogP) is 8.12. The summed E-state index contributed by atoms with van der Waals surface area (Å²) >= 11 is 6.57. The Morgan fingerprint density at radius 1 is 0.857 bits per heavy atom. The van der Waals surface area contributed by atoms with Crippen LogP contribution in [-0.4, -0.2) is 58.2 Å².